The van der Waals surface area contributed by atoms with Gasteiger partial charge >= 0.3 is 12.0 Å². The number of anilines is 1. The Morgan fingerprint density at radius 2 is 1.96 bits per heavy atom. The van der Waals surface area contributed by atoms with Gasteiger partial charge < -0.3 is 25.2 Å². The van der Waals surface area contributed by atoms with Crippen LogP contribution in [0.2, 0.25) is 0 Å². The van der Waals surface area contributed by atoms with Gasteiger partial charge in [-0.1, -0.05) is 12.1 Å². The monoisotopic (exact) mass is 372 g/mol. The first kappa shape index (κ1) is 20.3. The van der Waals surface area contributed by atoms with E-state index in [0.29, 0.717) is 23.4 Å². The van der Waals surface area contributed by atoms with Crippen molar-refractivity contribution < 1.29 is 24.5 Å². The maximum atomic E-state index is 12.6. The van der Waals surface area contributed by atoms with Gasteiger partial charge in [0, 0.05) is 12.2 Å². The molecule has 27 heavy (non-hydrogen) atoms. The maximum Gasteiger partial charge on any atom is 0.337 e. The summed E-state index contributed by atoms with van der Waals surface area (Å²) in [5.41, 5.74) is 2.22. The molecule has 0 aliphatic heterocycles. The first-order valence-corrected chi connectivity index (χ1v) is 8.57. The molecule has 2 amide bonds. The molecule has 0 heterocycles. The summed E-state index contributed by atoms with van der Waals surface area (Å²) >= 11 is 0. The summed E-state index contributed by atoms with van der Waals surface area (Å²) in [6, 6.07) is 10.8. The van der Waals surface area contributed by atoms with E-state index in [2.05, 4.69) is 10.1 Å². The number of methoxy groups -OCH3 is 1. The standard InChI is InChI=1S/C20H24N2O5/c1-4-22(12-18(24)14-6-5-7-16(23)11-14)20(26)21-17-9-8-15(10-13(17)2)19(25)27-3/h5-11,18,23-24H,4,12H2,1-3H3,(H,21,26)/t18-/m1/s1. The molecule has 0 unspecified atom stereocenters. The van der Waals surface area contributed by atoms with Crippen LogP contribution >= 0.6 is 0 Å². The predicted molar refractivity (Wildman–Crippen MR) is 102 cm³/mol. The Morgan fingerprint density at radius 3 is 2.56 bits per heavy atom. The van der Waals surface area contributed by atoms with Gasteiger partial charge in [-0.3, -0.25) is 0 Å². The lowest BCUT2D eigenvalue weighted by Gasteiger charge is -2.25. The molecule has 0 aliphatic rings. The lowest BCUT2D eigenvalue weighted by Crippen LogP contribution is -2.38. The van der Waals surface area contributed by atoms with Crippen molar-refractivity contribution in [2.24, 2.45) is 0 Å². The van der Waals surface area contributed by atoms with Crippen LogP contribution in [0.1, 0.15) is 34.5 Å². The van der Waals surface area contributed by atoms with E-state index in [1.807, 2.05) is 6.92 Å². The van der Waals surface area contributed by atoms with E-state index in [1.54, 1.807) is 37.3 Å². The molecule has 2 aromatic rings. The van der Waals surface area contributed by atoms with Crippen LogP contribution in [-0.2, 0) is 4.74 Å². The normalized spacial score (nSPS) is 11.6. The Kier molecular flexibility index (Phi) is 6.79. The van der Waals surface area contributed by atoms with Crippen molar-refractivity contribution in [3.63, 3.8) is 0 Å². The molecule has 7 nitrogen and oxygen atoms in total. The summed E-state index contributed by atoms with van der Waals surface area (Å²) < 4.78 is 4.68. The van der Waals surface area contributed by atoms with Gasteiger partial charge in [-0.25, -0.2) is 9.59 Å². The number of carbonyl (C=O) groups excluding carboxylic acids is 2. The van der Waals surface area contributed by atoms with Gasteiger partial charge in [0.05, 0.1) is 25.3 Å². The average molecular weight is 372 g/mol. The third kappa shape index (κ3) is 5.21. The number of aromatic hydroxyl groups is 1. The quantitative estimate of drug-likeness (QED) is 0.677. The SMILES string of the molecule is CCN(C[C@@H](O)c1cccc(O)c1)C(=O)Nc1ccc(C(=O)OC)cc1C. The maximum absolute atomic E-state index is 12.6. The zero-order chi connectivity index (χ0) is 20.0. The molecule has 0 radical (unpaired) electrons. The van der Waals surface area contributed by atoms with Crippen molar-refractivity contribution in [1.82, 2.24) is 4.90 Å². The molecule has 2 aromatic carbocycles. The van der Waals surface area contributed by atoms with Gasteiger partial charge in [0.1, 0.15) is 5.75 Å². The van der Waals surface area contributed by atoms with E-state index >= 15 is 0 Å². The highest BCUT2D eigenvalue weighted by Crippen LogP contribution is 2.21. The Morgan fingerprint density at radius 1 is 1.22 bits per heavy atom. The number of nitrogens with one attached hydrogen (secondary N) is 1. The zero-order valence-electron chi connectivity index (χ0n) is 15.6. The lowest BCUT2D eigenvalue weighted by atomic mass is 10.1. The summed E-state index contributed by atoms with van der Waals surface area (Å²) in [4.78, 5) is 25.6. The van der Waals surface area contributed by atoms with Crippen LogP contribution in [0.25, 0.3) is 0 Å². The van der Waals surface area contributed by atoms with E-state index in [0.717, 1.165) is 5.56 Å². The Balaban J connectivity index is 2.07. The molecule has 0 aromatic heterocycles. The highest BCUT2D eigenvalue weighted by Gasteiger charge is 2.19. The van der Waals surface area contributed by atoms with Crippen LogP contribution in [0.4, 0.5) is 10.5 Å². The molecular weight excluding hydrogens is 348 g/mol. The number of amides is 2. The number of hydrogen-bond acceptors (Lipinski definition) is 5. The van der Waals surface area contributed by atoms with Crippen molar-refractivity contribution in [1.29, 1.82) is 0 Å². The predicted octanol–water partition coefficient (Wildman–Crippen LogP) is 3.07. The molecule has 0 aliphatic carbocycles. The highest BCUT2D eigenvalue weighted by molar-refractivity contribution is 5.93. The number of aryl methyl sites for hydroxylation is 1. The van der Waals surface area contributed by atoms with Gasteiger partial charge in [-0.15, -0.1) is 0 Å². The number of aliphatic hydroxyl groups excluding tert-OH is 1. The third-order valence-electron chi connectivity index (χ3n) is 4.21. The van der Waals surface area contributed by atoms with Crippen molar-refractivity contribution >= 4 is 17.7 Å². The second-order valence-electron chi connectivity index (χ2n) is 6.10. The van der Waals surface area contributed by atoms with Crippen molar-refractivity contribution in [2.45, 2.75) is 20.0 Å². The largest absolute Gasteiger partial charge is 0.508 e. The summed E-state index contributed by atoms with van der Waals surface area (Å²) in [6.45, 7) is 4.05. The second kappa shape index (κ2) is 9.05. The number of rotatable bonds is 6. The molecule has 0 bridgehead atoms. The van der Waals surface area contributed by atoms with Crippen LogP contribution < -0.4 is 5.32 Å². The number of likely N-dealkylation sites (N-methyl/N-ethyl adjacent to an activating group) is 1. The molecule has 0 fully saturated rings. The van der Waals surface area contributed by atoms with Gasteiger partial charge in [0.15, 0.2) is 0 Å². The van der Waals surface area contributed by atoms with Gasteiger partial charge in [-0.2, -0.15) is 0 Å². The molecular formula is C20H24N2O5. The van der Waals surface area contributed by atoms with Crippen molar-refractivity contribution in [2.75, 3.05) is 25.5 Å². The van der Waals surface area contributed by atoms with E-state index < -0.39 is 12.1 Å². The van der Waals surface area contributed by atoms with Gasteiger partial charge in [0.25, 0.3) is 0 Å². The van der Waals surface area contributed by atoms with E-state index in [9.17, 15) is 19.8 Å². The van der Waals surface area contributed by atoms with E-state index in [1.165, 1.54) is 24.1 Å². The molecule has 144 valence electrons. The van der Waals surface area contributed by atoms with Crippen LogP contribution in [-0.4, -0.2) is 47.3 Å². The van der Waals surface area contributed by atoms with Gasteiger partial charge in [0.2, 0.25) is 0 Å². The number of aliphatic hydroxyl groups is 1. The van der Waals surface area contributed by atoms with Crippen LogP contribution in [0.15, 0.2) is 42.5 Å². The van der Waals surface area contributed by atoms with Crippen LogP contribution in [0.3, 0.4) is 0 Å². The number of nitrogens with zero attached hydrogens (tertiary/aromatic N) is 1. The molecule has 2 rings (SSSR count). The van der Waals surface area contributed by atoms with Crippen LogP contribution in [0.5, 0.6) is 5.75 Å². The summed E-state index contributed by atoms with van der Waals surface area (Å²) in [5.74, 6) is -0.388. The minimum atomic E-state index is -0.925. The fourth-order valence-electron chi connectivity index (χ4n) is 2.64. The van der Waals surface area contributed by atoms with Gasteiger partial charge in [-0.05, 0) is 55.3 Å². The molecule has 0 saturated heterocycles. The van der Waals surface area contributed by atoms with E-state index in [4.69, 9.17) is 0 Å². The number of ether oxygens (including phenoxy) is 1. The zero-order valence-corrected chi connectivity index (χ0v) is 15.6. The smallest absolute Gasteiger partial charge is 0.337 e. The summed E-state index contributed by atoms with van der Waals surface area (Å²) in [5, 5.41) is 22.7. The number of esters is 1. The first-order chi connectivity index (χ1) is 12.8. The fraction of sp³-hybridized carbons (Fsp3) is 0.300. The highest BCUT2D eigenvalue weighted by atomic mass is 16.5. The minimum Gasteiger partial charge on any atom is -0.508 e. The van der Waals surface area contributed by atoms with E-state index in [-0.39, 0.29) is 18.3 Å². The topological polar surface area (TPSA) is 99.1 Å². The molecule has 7 heteroatoms. The Labute approximate surface area is 158 Å². The molecule has 1 atom stereocenters. The summed E-state index contributed by atoms with van der Waals surface area (Å²) in [7, 11) is 1.31. The second-order valence-corrected chi connectivity index (χ2v) is 6.10. The lowest BCUT2D eigenvalue weighted by molar-refractivity contribution is 0.0600. The summed E-state index contributed by atoms with van der Waals surface area (Å²) in [6.07, 6.45) is -0.925. The Bertz CT molecular complexity index is 822. The Hall–Kier alpha value is -3.06. The third-order valence-corrected chi connectivity index (χ3v) is 4.21. The number of phenols is 1. The van der Waals surface area contributed by atoms with Crippen molar-refractivity contribution in [3.8, 4) is 5.75 Å². The minimum absolute atomic E-state index is 0.0559. The molecule has 0 saturated carbocycles. The number of urea groups is 1. The molecule has 0 spiro atoms. The average Bonchev–Trinajstić information content (AvgIpc) is 2.66. The number of carbonyl (C=O) groups is 2. The number of phenolic OH excluding ortho intramolecular Hbond substituents is 1. The fourth-order valence-corrected chi connectivity index (χ4v) is 2.64. The number of hydrogen-bond donors (Lipinski definition) is 3. The molecule has 3 N–H and O–H groups in total. The van der Waals surface area contributed by atoms with Crippen molar-refractivity contribution in [3.05, 3.63) is 59.2 Å². The van der Waals surface area contributed by atoms with Crippen LogP contribution in [0, 0.1) is 6.92 Å². The number of benzene rings is 2. The first-order valence-electron chi connectivity index (χ1n) is 8.57.